The molecule has 140 valence electrons. The minimum atomic E-state index is -1.55. The predicted molar refractivity (Wildman–Crippen MR) is 103 cm³/mol. The van der Waals surface area contributed by atoms with E-state index in [0.717, 1.165) is 36.8 Å². The van der Waals surface area contributed by atoms with Gasteiger partial charge in [-0.2, -0.15) is 0 Å². The van der Waals surface area contributed by atoms with Crippen LogP contribution >= 0.6 is 0 Å². The zero-order chi connectivity index (χ0) is 19.2. The summed E-state index contributed by atoms with van der Waals surface area (Å²) in [6, 6.07) is 10.1. The second-order valence-corrected chi connectivity index (χ2v) is 7.69. The summed E-state index contributed by atoms with van der Waals surface area (Å²) >= 11 is 0. The highest BCUT2D eigenvalue weighted by Crippen LogP contribution is 2.52. The number of carbonyl (C=O) groups is 1. The zero-order valence-corrected chi connectivity index (χ0v) is 15.3. The Labute approximate surface area is 158 Å². The van der Waals surface area contributed by atoms with Crippen LogP contribution in [0.4, 0.5) is 10.1 Å². The maximum absolute atomic E-state index is 14.1. The number of hydrogen-bond donors (Lipinski definition) is 3. The molecule has 27 heavy (non-hydrogen) atoms. The number of hydrogen-bond acceptors (Lipinski definition) is 3. The van der Waals surface area contributed by atoms with Crippen LogP contribution in [0.5, 0.6) is 0 Å². The van der Waals surface area contributed by atoms with Crippen LogP contribution in [0.2, 0.25) is 0 Å². The molecule has 1 saturated carbocycles. The molecule has 0 unspecified atom stereocenters. The van der Waals surface area contributed by atoms with Gasteiger partial charge in [0, 0.05) is 5.56 Å². The van der Waals surface area contributed by atoms with E-state index in [9.17, 15) is 19.2 Å². The topological polar surface area (TPSA) is 69.6 Å². The molecule has 4 nitrogen and oxygen atoms in total. The Morgan fingerprint density at radius 1 is 1.07 bits per heavy atom. The average molecular weight is 367 g/mol. The number of fused-ring (bicyclic) bond motifs is 1. The fourth-order valence-corrected chi connectivity index (χ4v) is 4.89. The number of nitrogens with one attached hydrogen (secondary N) is 1. The first kappa shape index (κ1) is 18.2. The van der Waals surface area contributed by atoms with Crippen molar-refractivity contribution in [2.45, 2.75) is 44.4 Å². The standard InChI is InChI=1S/C21H23BFNO3/c1-13-18(23)12-11-17-19(13)24-20(25)21(17,14-5-3-2-4-6-14)15-7-9-16(10-8-15)22(26)27/h7-12,14,26-27H,2-6H2,1H3,(H,24,25)/t21-/m0/s1. The van der Waals surface area contributed by atoms with Gasteiger partial charge in [-0.05, 0) is 48.3 Å². The van der Waals surface area contributed by atoms with Crippen molar-refractivity contribution in [3.8, 4) is 0 Å². The Kier molecular flexibility index (Phi) is 4.56. The molecule has 2 aromatic rings. The molecule has 1 atom stereocenters. The van der Waals surface area contributed by atoms with Crippen LogP contribution < -0.4 is 10.8 Å². The number of anilines is 1. The van der Waals surface area contributed by atoms with Gasteiger partial charge in [-0.1, -0.05) is 49.6 Å². The lowest BCUT2D eigenvalue weighted by Gasteiger charge is -2.39. The van der Waals surface area contributed by atoms with Crippen molar-refractivity contribution in [1.82, 2.24) is 0 Å². The number of rotatable bonds is 3. The second-order valence-electron chi connectivity index (χ2n) is 7.69. The van der Waals surface area contributed by atoms with Crippen molar-refractivity contribution < 1.29 is 19.2 Å². The summed E-state index contributed by atoms with van der Waals surface area (Å²) in [4.78, 5) is 13.4. The Morgan fingerprint density at radius 2 is 1.74 bits per heavy atom. The number of carbonyl (C=O) groups excluding carboxylic acids is 1. The van der Waals surface area contributed by atoms with E-state index in [1.165, 1.54) is 12.5 Å². The van der Waals surface area contributed by atoms with Gasteiger partial charge < -0.3 is 15.4 Å². The van der Waals surface area contributed by atoms with Crippen LogP contribution in [-0.4, -0.2) is 23.1 Å². The molecule has 0 saturated heterocycles. The molecular weight excluding hydrogens is 344 g/mol. The van der Waals surface area contributed by atoms with Gasteiger partial charge in [-0.25, -0.2) is 4.39 Å². The van der Waals surface area contributed by atoms with Crippen LogP contribution in [0.15, 0.2) is 36.4 Å². The lowest BCUT2D eigenvalue weighted by Crippen LogP contribution is -2.44. The van der Waals surface area contributed by atoms with Crippen LogP contribution in [0.3, 0.4) is 0 Å². The van der Waals surface area contributed by atoms with Crippen LogP contribution in [-0.2, 0) is 10.2 Å². The Bertz CT molecular complexity index is 878. The van der Waals surface area contributed by atoms with E-state index in [0.29, 0.717) is 16.7 Å². The molecule has 1 amide bonds. The van der Waals surface area contributed by atoms with E-state index < -0.39 is 12.5 Å². The van der Waals surface area contributed by atoms with Crippen LogP contribution in [0, 0.1) is 18.7 Å². The largest absolute Gasteiger partial charge is 0.488 e. The van der Waals surface area contributed by atoms with Crippen molar-refractivity contribution >= 4 is 24.2 Å². The van der Waals surface area contributed by atoms with Gasteiger partial charge in [0.05, 0.1) is 5.69 Å². The first-order valence-electron chi connectivity index (χ1n) is 9.54. The molecule has 6 heteroatoms. The molecule has 1 heterocycles. The second kappa shape index (κ2) is 6.77. The fourth-order valence-electron chi connectivity index (χ4n) is 4.89. The third kappa shape index (κ3) is 2.70. The normalized spacial score (nSPS) is 22.4. The van der Waals surface area contributed by atoms with Crippen molar-refractivity contribution in [2.24, 2.45) is 5.92 Å². The van der Waals surface area contributed by atoms with Crippen molar-refractivity contribution in [1.29, 1.82) is 0 Å². The van der Waals surface area contributed by atoms with E-state index in [-0.39, 0.29) is 17.6 Å². The Balaban J connectivity index is 1.93. The Hall–Kier alpha value is -2.18. The van der Waals surface area contributed by atoms with Gasteiger partial charge in [0.15, 0.2) is 0 Å². The lowest BCUT2D eigenvalue weighted by molar-refractivity contribution is -0.121. The van der Waals surface area contributed by atoms with Gasteiger partial charge in [0.1, 0.15) is 11.2 Å². The average Bonchev–Trinajstić information content (AvgIpc) is 2.99. The summed E-state index contributed by atoms with van der Waals surface area (Å²) in [7, 11) is -1.55. The molecule has 2 aromatic carbocycles. The maximum Gasteiger partial charge on any atom is 0.488 e. The molecule has 1 fully saturated rings. The zero-order valence-electron chi connectivity index (χ0n) is 15.3. The minimum absolute atomic E-state index is 0.115. The summed E-state index contributed by atoms with van der Waals surface area (Å²) in [5.41, 5.74) is 2.20. The monoisotopic (exact) mass is 367 g/mol. The lowest BCUT2D eigenvalue weighted by atomic mass is 9.61. The SMILES string of the molecule is Cc1c(F)ccc2c1NC(=O)[C@]2(c1ccc(B(O)O)cc1)C1CCCCC1. The quantitative estimate of drug-likeness (QED) is 0.731. The van der Waals surface area contributed by atoms with Crippen molar-refractivity contribution in [3.63, 3.8) is 0 Å². The third-order valence-electron chi connectivity index (χ3n) is 6.30. The first-order valence-corrected chi connectivity index (χ1v) is 9.54. The summed E-state index contributed by atoms with van der Waals surface area (Å²) in [5.74, 6) is -0.315. The molecule has 0 bridgehead atoms. The molecule has 1 aliphatic carbocycles. The molecular formula is C21H23BFNO3. The van der Waals surface area contributed by atoms with Crippen molar-refractivity contribution in [2.75, 3.05) is 5.32 Å². The summed E-state index contributed by atoms with van der Waals surface area (Å²) < 4.78 is 14.1. The number of benzene rings is 2. The van der Waals surface area contributed by atoms with Crippen molar-refractivity contribution in [3.05, 3.63) is 58.9 Å². The maximum atomic E-state index is 14.1. The van der Waals surface area contributed by atoms with E-state index >= 15 is 0 Å². The molecule has 0 aromatic heterocycles. The highest BCUT2D eigenvalue weighted by atomic mass is 19.1. The van der Waals surface area contributed by atoms with Gasteiger partial charge in [-0.3, -0.25) is 4.79 Å². The van der Waals surface area contributed by atoms with Crippen LogP contribution in [0.25, 0.3) is 0 Å². The molecule has 2 aliphatic rings. The minimum Gasteiger partial charge on any atom is -0.423 e. The van der Waals surface area contributed by atoms with E-state index in [4.69, 9.17) is 0 Å². The number of amides is 1. The summed E-state index contributed by atoms with van der Waals surface area (Å²) in [6.45, 7) is 1.69. The van der Waals surface area contributed by atoms with Gasteiger partial charge >= 0.3 is 7.12 Å². The van der Waals surface area contributed by atoms with Gasteiger partial charge in [0.2, 0.25) is 5.91 Å². The fraction of sp³-hybridized carbons (Fsp3) is 0.381. The molecule has 0 radical (unpaired) electrons. The molecule has 0 spiro atoms. The van der Waals surface area contributed by atoms with E-state index in [2.05, 4.69) is 5.32 Å². The number of halogens is 1. The Morgan fingerprint density at radius 3 is 2.37 bits per heavy atom. The molecule has 4 rings (SSSR count). The highest BCUT2D eigenvalue weighted by Gasteiger charge is 2.54. The molecule has 3 N–H and O–H groups in total. The summed E-state index contributed by atoms with van der Waals surface area (Å²) in [5, 5.41) is 21.8. The van der Waals surface area contributed by atoms with Gasteiger partial charge in [0.25, 0.3) is 0 Å². The first-order chi connectivity index (χ1) is 13.0. The highest BCUT2D eigenvalue weighted by molar-refractivity contribution is 6.58. The predicted octanol–water partition coefficient (Wildman–Crippen LogP) is 2.63. The summed E-state index contributed by atoms with van der Waals surface area (Å²) in [6.07, 6.45) is 5.19. The molecule has 1 aliphatic heterocycles. The van der Waals surface area contributed by atoms with E-state index in [1.807, 2.05) is 0 Å². The van der Waals surface area contributed by atoms with E-state index in [1.54, 1.807) is 37.3 Å². The smallest absolute Gasteiger partial charge is 0.423 e. The van der Waals surface area contributed by atoms with Gasteiger partial charge in [-0.15, -0.1) is 0 Å². The van der Waals surface area contributed by atoms with Crippen LogP contribution in [0.1, 0.15) is 48.8 Å². The third-order valence-corrected chi connectivity index (χ3v) is 6.30.